The van der Waals surface area contributed by atoms with Crippen molar-refractivity contribution in [3.63, 3.8) is 0 Å². The maximum absolute atomic E-state index is 11.6. The van der Waals surface area contributed by atoms with Crippen LogP contribution in [0.2, 0.25) is 0 Å². The number of hydrogen-bond acceptors (Lipinski definition) is 3. The van der Waals surface area contributed by atoms with E-state index in [0.29, 0.717) is 0 Å². The number of alkyl halides is 1. The van der Waals surface area contributed by atoms with E-state index in [-0.39, 0.29) is 11.4 Å². The smallest absolute Gasteiger partial charge is 0.322 e. The quantitative estimate of drug-likeness (QED) is 0.665. The highest BCUT2D eigenvalue weighted by molar-refractivity contribution is 6.31. The Kier molecular flexibility index (Phi) is 6.11. The summed E-state index contributed by atoms with van der Waals surface area (Å²) in [5.41, 5.74) is -0.385. The molecule has 0 aliphatic heterocycles. The molecule has 0 aliphatic rings. The predicted molar refractivity (Wildman–Crippen MR) is 69.3 cm³/mol. The van der Waals surface area contributed by atoms with Crippen LogP contribution >= 0.6 is 11.6 Å². The van der Waals surface area contributed by atoms with Crippen molar-refractivity contribution in [3.05, 3.63) is 0 Å². The van der Waals surface area contributed by atoms with Gasteiger partial charge < -0.3 is 10.6 Å². The minimum atomic E-state index is -0.811. The fourth-order valence-corrected chi connectivity index (χ4v) is 1.04. The maximum Gasteiger partial charge on any atom is 0.322 e. The van der Waals surface area contributed by atoms with E-state index in [1.165, 1.54) is 13.8 Å². The zero-order valence-corrected chi connectivity index (χ0v) is 12.0. The fraction of sp³-hybridized carbons (Fsp3) is 0.727. The van der Waals surface area contributed by atoms with Gasteiger partial charge >= 0.3 is 6.03 Å². The monoisotopic (exact) mass is 277 g/mol. The molecule has 104 valence electrons. The Morgan fingerprint density at radius 3 is 1.94 bits per heavy atom. The number of hydrogen-bond donors (Lipinski definition) is 3. The van der Waals surface area contributed by atoms with Crippen LogP contribution in [-0.2, 0) is 9.59 Å². The van der Waals surface area contributed by atoms with Crippen LogP contribution in [0.25, 0.3) is 0 Å². The van der Waals surface area contributed by atoms with Crippen LogP contribution in [0.1, 0.15) is 34.6 Å². The van der Waals surface area contributed by atoms with E-state index in [2.05, 4.69) is 10.6 Å². The van der Waals surface area contributed by atoms with E-state index in [9.17, 15) is 14.4 Å². The Morgan fingerprint density at radius 2 is 1.56 bits per heavy atom. The van der Waals surface area contributed by atoms with Crippen molar-refractivity contribution < 1.29 is 14.4 Å². The zero-order chi connectivity index (χ0) is 14.5. The Morgan fingerprint density at radius 1 is 1.06 bits per heavy atom. The van der Waals surface area contributed by atoms with Gasteiger partial charge in [0.2, 0.25) is 11.8 Å². The average Bonchev–Trinajstić information content (AvgIpc) is 2.14. The summed E-state index contributed by atoms with van der Waals surface area (Å²) in [6.45, 7) is 8.46. The summed E-state index contributed by atoms with van der Waals surface area (Å²) in [5.74, 6) is -0.943. The first-order chi connectivity index (χ1) is 8.03. The van der Waals surface area contributed by atoms with Gasteiger partial charge in [0, 0.05) is 5.54 Å². The molecular weight excluding hydrogens is 258 g/mol. The van der Waals surface area contributed by atoms with E-state index >= 15 is 0 Å². The average molecular weight is 278 g/mol. The van der Waals surface area contributed by atoms with Crippen molar-refractivity contribution in [1.82, 2.24) is 16.0 Å². The molecule has 0 spiro atoms. The molecule has 6 nitrogen and oxygen atoms in total. The minimum Gasteiger partial charge on any atom is -0.350 e. The number of nitrogens with one attached hydrogen (secondary N) is 3. The largest absolute Gasteiger partial charge is 0.350 e. The molecule has 0 aromatic heterocycles. The molecular formula is C11H20ClN3O3. The summed E-state index contributed by atoms with van der Waals surface area (Å²) in [5, 5.41) is 6.27. The highest BCUT2D eigenvalue weighted by atomic mass is 35.5. The zero-order valence-electron chi connectivity index (χ0n) is 11.3. The molecule has 7 heteroatoms. The topological polar surface area (TPSA) is 87.3 Å². The summed E-state index contributed by atoms with van der Waals surface area (Å²) in [6.07, 6.45) is 0. The highest BCUT2D eigenvalue weighted by Crippen LogP contribution is 1.99. The lowest BCUT2D eigenvalue weighted by Gasteiger charge is -2.23. The number of rotatable bonds is 3. The van der Waals surface area contributed by atoms with Crippen molar-refractivity contribution >= 4 is 29.4 Å². The molecule has 2 atom stereocenters. The van der Waals surface area contributed by atoms with E-state index in [1.807, 2.05) is 26.1 Å². The van der Waals surface area contributed by atoms with Gasteiger partial charge in [0.25, 0.3) is 0 Å². The first kappa shape index (κ1) is 16.7. The van der Waals surface area contributed by atoms with Gasteiger partial charge in [0.15, 0.2) is 0 Å². The normalized spacial score (nSPS) is 14.3. The summed E-state index contributed by atoms with van der Waals surface area (Å²) < 4.78 is 0. The standard InChI is InChI=1S/C11H20ClN3O3/c1-6(12)8(16)14-10(18)13-7(2)9(17)15-11(3,4)5/h6-7H,1-5H3,(H,15,17)(H2,13,14,16,18). The molecule has 0 saturated heterocycles. The summed E-state index contributed by atoms with van der Waals surface area (Å²) in [4.78, 5) is 34.1. The van der Waals surface area contributed by atoms with Gasteiger partial charge in [-0.2, -0.15) is 0 Å². The molecule has 3 N–H and O–H groups in total. The minimum absolute atomic E-state index is 0.330. The van der Waals surface area contributed by atoms with Crippen LogP contribution in [0.4, 0.5) is 4.79 Å². The number of halogens is 1. The van der Waals surface area contributed by atoms with Crippen molar-refractivity contribution in [3.8, 4) is 0 Å². The number of carbonyl (C=O) groups is 3. The number of amides is 4. The molecule has 0 heterocycles. The fourth-order valence-electron chi connectivity index (χ4n) is 0.987. The van der Waals surface area contributed by atoms with Crippen LogP contribution in [0, 0.1) is 0 Å². The Balaban J connectivity index is 4.24. The van der Waals surface area contributed by atoms with Crippen molar-refractivity contribution in [2.45, 2.75) is 51.6 Å². The molecule has 0 fully saturated rings. The van der Waals surface area contributed by atoms with Gasteiger partial charge in [-0.3, -0.25) is 14.9 Å². The van der Waals surface area contributed by atoms with E-state index in [4.69, 9.17) is 11.6 Å². The molecule has 4 amide bonds. The van der Waals surface area contributed by atoms with Gasteiger partial charge in [0.1, 0.15) is 11.4 Å². The first-order valence-electron chi connectivity index (χ1n) is 5.60. The molecule has 0 rings (SSSR count). The van der Waals surface area contributed by atoms with Crippen LogP contribution < -0.4 is 16.0 Å². The second-order valence-corrected chi connectivity index (χ2v) is 5.69. The van der Waals surface area contributed by atoms with E-state index < -0.39 is 23.4 Å². The van der Waals surface area contributed by atoms with Gasteiger partial charge in [-0.25, -0.2) is 4.79 Å². The highest BCUT2D eigenvalue weighted by Gasteiger charge is 2.21. The second kappa shape index (κ2) is 6.58. The molecule has 0 aromatic rings. The summed E-state index contributed by atoms with van der Waals surface area (Å²) >= 11 is 5.49. The lowest BCUT2D eigenvalue weighted by atomic mass is 10.1. The van der Waals surface area contributed by atoms with Crippen molar-refractivity contribution in [2.75, 3.05) is 0 Å². The summed E-state index contributed by atoms with van der Waals surface area (Å²) in [7, 11) is 0. The molecule has 0 bridgehead atoms. The van der Waals surface area contributed by atoms with Gasteiger partial charge in [-0.15, -0.1) is 11.6 Å². The molecule has 0 saturated carbocycles. The van der Waals surface area contributed by atoms with Crippen LogP contribution in [-0.4, -0.2) is 34.8 Å². The van der Waals surface area contributed by atoms with Crippen LogP contribution in [0.5, 0.6) is 0 Å². The molecule has 0 aromatic carbocycles. The summed E-state index contributed by atoms with van der Waals surface area (Å²) in [6, 6.07) is -1.49. The lowest BCUT2D eigenvalue weighted by Crippen LogP contribution is -2.53. The Labute approximate surface area is 112 Å². The van der Waals surface area contributed by atoms with Gasteiger partial charge in [-0.1, -0.05) is 0 Å². The van der Waals surface area contributed by atoms with Crippen LogP contribution in [0.3, 0.4) is 0 Å². The second-order valence-electron chi connectivity index (χ2n) is 5.04. The van der Waals surface area contributed by atoms with Gasteiger partial charge in [0.05, 0.1) is 0 Å². The molecule has 0 radical (unpaired) electrons. The van der Waals surface area contributed by atoms with Gasteiger partial charge in [-0.05, 0) is 34.6 Å². The Bertz CT molecular complexity index is 337. The maximum atomic E-state index is 11.6. The Hall–Kier alpha value is -1.30. The van der Waals surface area contributed by atoms with Crippen LogP contribution in [0.15, 0.2) is 0 Å². The lowest BCUT2D eigenvalue weighted by molar-refractivity contribution is -0.124. The van der Waals surface area contributed by atoms with E-state index in [0.717, 1.165) is 0 Å². The predicted octanol–water partition coefficient (Wildman–Crippen LogP) is 0.743. The first-order valence-corrected chi connectivity index (χ1v) is 6.04. The molecule has 2 unspecified atom stereocenters. The molecule has 0 aliphatic carbocycles. The number of imide groups is 1. The van der Waals surface area contributed by atoms with E-state index in [1.54, 1.807) is 0 Å². The third kappa shape index (κ3) is 7.11. The van der Waals surface area contributed by atoms with Crippen molar-refractivity contribution in [1.29, 1.82) is 0 Å². The molecule has 18 heavy (non-hydrogen) atoms. The van der Waals surface area contributed by atoms with Crippen molar-refractivity contribution in [2.24, 2.45) is 0 Å². The third-order valence-electron chi connectivity index (χ3n) is 1.84. The number of carbonyl (C=O) groups excluding carboxylic acids is 3. The SMILES string of the molecule is CC(Cl)C(=O)NC(=O)NC(C)C(=O)NC(C)(C)C. The number of urea groups is 1. The third-order valence-corrected chi connectivity index (χ3v) is 2.04.